The van der Waals surface area contributed by atoms with Crippen LogP contribution >= 0.6 is 11.8 Å². The van der Waals surface area contributed by atoms with Crippen molar-refractivity contribution in [2.75, 3.05) is 0 Å². The van der Waals surface area contributed by atoms with E-state index in [0.29, 0.717) is 0 Å². The average molecular weight is 518 g/mol. The van der Waals surface area contributed by atoms with E-state index in [1.165, 1.54) is 32.1 Å². The molecule has 0 aliphatic carbocycles. The maximum absolute atomic E-state index is 5.12. The third kappa shape index (κ3) is 3.76. The van der Waals surface area contributed by atoms with Crippen molar-refractivity contribution in [1.29, 1.82) is 0 Å². The Hall–Kier alpha value is -4.67. The summed E-state index contributed by atoms with van der Waals surface area (Å²) in [7, 11) is 0. The summed E-state index contributed by atoms with van der Waals surface area (Å²) >= 11 is 1.86. The molecule has 7 aromatic rings. The van der Waals surface area contributed by atoms with Gasteiger partial charge in [-0.15, -0.1) is 0 Å². The third-order valence-electron chi connectivity index (χ3n) is 7.49. The molecule has 0 atom stereocenters. The number of pyridine rings is 2. The molecular weight excluding hydrogens is 494 g/mol. The van der Waals surface area contributed by atoms with Crippen LogP contribution in [0.1, 0.15) is 11.1 Å². The normalized spacial score (nSPS) is 13.1. The van der Waals surface area contributed by atoms with Gasteiger partial charge in [0, 0.05) is 26.9 Å². The molecule has 0 bridgehead atoms. The first-order valence-corrected chi connectivity index (χ1v) is 14.0. The molecule has 8 rings (SSSR count). The van der Waals surface area contributed by atoms with Crippen molar-refractivity contribution in [2.24, 2.45) is 0 Å². The fourth-order valence-corrected chi connectivity index (χ4v) is 6.64. The van der Waals surface area contributed by atoms with Crippen molar-refractivity contribution in [3.8, 4) is 22.4 Å². The van der Waals surface area contributed by atoms with Crippen molar-refractivity contribution >= 4 is 44.3 Å². The number of aromatic nitrogens is 3. The van der Waals surface area contributed by atoms with Crippen LogP contribution in [0.25, 0.3) is 54.9 Å². The minimum Gasteiger partial charge on any atom is -0.298 e. The monoisotopic (exact) mass is 517 g/mol. The Bertz CT molecular complexity index is 2050. The zero-order valence-corrected chi connectivity index (χ0v) is 21.9. The van der Waals surface area contributed by atoms with Gasteiger partial charge >= 0.3 is 0 Å². The molecule has 4 heterocycles. The summed E-state index contributed by atoms with van der Waals surface area (Å²) < 4.78 is 2.15. The summed E-state index contributed by atoms with van der Waals surface area (Å²) in [6.45, 7) is 0. The highest BCUT2D eigenvalue weighted by Gasteiger charge is 2.17. The molecule has 3 aromatic heterocycles. The van der Waals surface area contributed by atoms with E-state index >= 15 is 0 Å². The van der Waals surface area contributed by atoms with E-state index < -0.39 is 0 Å². The average Bonchev–Trinajstić information content (AvgIpc) is 3.41. The standard InChI is InChI=1S/C35H23N3S/c1-2-8-24(9-3-1)30-20-19-25-15-18-27(22-31(25)39-30)23-13-16-26(17-14-23)33-35-34(28-10-4-5-11-29(28)36-33)37-32-12-6-7-21-38(32)35/h1-18,20-22H,19H2. The molecule has 0 N–H and O–H groups in total. The summed E-state index contributed by atoms with van der Waals surface area (Å²) in [6, 6.07) is 40.7. The molecule has 4 heteroatoms. The van der Waals surface area contributed by atoms with Crippen LogP contribution in [0.4, 0.5) is 0 Å². The van der Waals surface area contributed by atoms with Gasteiger partial charge in [-0.25, -0.2) is 9.97 Å². The topological polar surface area (TPSA) is 30.2 Å². The second kappa shape index (κ2) is 8.97. The summed E-state index contributed by atoms with van der Waals surface area (Å²) in [4.78, 5) is 12.8. The first kappa shape index (κ1) is 22.3. The number of para-hydroxylation sites is 1. The number of allylic oxidation sites excluding steroid dienone is 1. The van der Waals surface area contributed by atoms with E-state index in [1.807, 2.05) is 36.0 Å². The Balaban J connectivity index is 1.20. The van der Waals surface area contributed by atoms with Gasteiger partial charge in [0.05, 0.1) is 16.7 Å². The number of benzene rings is 4. The molecule has 0 amide bonds. The van der Waals surface area contributed by atoms with E-state index in [-0.39, 0.29) is 0 Å². The second-order valence-corrected chi connectivity index (χ2v) is 10.9. The predicted molar refractivity (Wildman–Crippen MR) is 163 cm³/mol. The van der Waals surface area contributed by atoms with Gasteiger partial charge in [-0.05, 0) is 52.9 Å². The molecule has 0 fully saturated rings. The van der Waals surface area contributed by atoms with Crippen LogP contribution in [0, 0.1) is 0 Å². The van der Waals surface area contributed by atoms with Crippen LogP contribution < -0.4 is 0 Å². The Morgan fingerprint density at radius 3 is 2.31 bits per heavy atom. The van der Waals surface area contributed by atoms with Gasteiger partial charge in [-0.3, -0.25) is 4.40 Å². The molecule has 1 aliphatic rings. The van der Waals surface area contributed by atoms with Gasteiger partial charge in [-0.2, -0.15) is 0 Å². The molecule has 0 radical (unpaired) electrons. The highest BCUT2D eigenvalue weighted by Crippen LogP contribution is 2.42. The van der Waals surface area contributed by atoms with Crippen LogP contribution in [-0.2, 0) is 6.42 Å². The Morgan fingerprint density at radius 1 is 0.641 bits per heavy atom. The molecule has 0 unspecified atom stereocenters. The number of rotatable bonds is 3. The SMILES string of the molecule is C1=C(c2ccccc2)Sc2cc(-c3ccc(-c4nc5ccccc5c5nc6ccccn6c45)cc3)ccc2C1. The molecule has 184 valence electrons. The fourth-order valence-electron chi connectivity index (χ4n) is 5.52. The number of imidazole rings is 1. The zero-order chi connectivity index (χ0) is 25.8. The lowest BCUT2D eigenvalue weighted by Gasteiger charge is -2.18. The fraction of sp³-hybridized carbons (Fsp3) is 0.0286. The largest absolute Gasteiger partial charge is 0.298 e. The van der Waals surface area contributed by atoms with Gasteiger partial charge < -0.3 is 0 Å². The lowest BCUT2D eigenvalue weighted by Crippen LogP contribution is -1.95. The van der Waals surface area contributed by atoms with Gasteiger partial charge in [0.2, 0.25) is 0 Å². The Labute approximate surface area is 230 Å². The lowest BCUT2D eigenvalue weighted by molar-refractivity contribution is 1.17. The van der Waals surface area contributed by atoms with Crippen molar-refractivity contribution in [3.63, 3.8) is 0 Å². The molecule has 4 aromatic carbocycles. The maximum atomic E-state index is 5.12. The molecule has 1 aliphatic heterocycles. The zero-order valence-electron chi connectivity index (χ0n) is 21.1. The predicted octanol–water partition coefficient (Wildman–Crippen LogP) is 9.06. The van der Waals surface area contributed by atoms with Crippen LogP contribution in [0.3, 0.4) is 0 Å². The molecular formula is C35H23N3S. The first-order valence-electron chi connectivity index (χ1n) is 13.1. The van der Waals surface area contributed by atoms with E-state index in [1.54, 1.807) is 0 Å². The van der Waals surface area contributed by atoms with E-state index in [2.05, 4.69) is 108 Å². The van der Waals surface area contributed by atoms with Crippen LogP contribution in [0.15, 0.2) is 132 Å². The Kier molecular flexibility index (Phi) is 5.13. The lowest BCUT2D eigenvalue weighted by atomic mass is 9.99. The van der Waals surface area contributed by atoms with Gasteiger partial charge in [-0.1, -0.05) is 109 Å². The molecule has 0 saturated carbocycles. The van der Waals surface area contributed by atoms with Crippen molar-refractivity contribution in [3.05, 3.63) is 139 Å². The number of hydrogen-bond acceptors (Lipinski definition) is 3. The van der Waals surface area contributed by atoms with Crippen LogP contribution in [0.5, 0.6) is 0 Å². The van der Waals surface area contributed by atoms with E-state index in [9.17, 15) is 0 Å². The van der Waals surface area contributed by atoms with Crippen molar-refractivity contribution < 1.29 is 0 Å². The number of thioether (sulfide) groups is 1. The minimum absolute atomic E-state index is 0.930. The van der Waals surface area contributed by atoms with Crippen LogP contribution in [-0.4, -0.2) is 14.4 Å². The summed E-state index contributed by atoms with van der Waals surface area (Å²) in [5.74, 6) is 0. The molecule has 0 saturated heterocycles. The Morgan fingerprint density at radius 2 is 1.41 bits per heavy atom. The third-order valence-corrected chi connectivity index (χ3v) is 8.71. The second-order valence-electron chi connectivity index (χ2n) is 9.86. The molecule has 3 nitrogen and oxygen atoms in total. The highest BCUT2D eigenvalue weighted by molar-refractivity contribution is 8.08. The number of hydrogen-bond donors (Lipinski definition) is 0. The summed E-state index contributed by atoms with van der Waals surface area (Å²) in [5.41, 5.74) is 11.1. The smallest absolute Gasteiger partial charge is 0.137 e. The quantitative estimate of drug-likeness (QED) is 0.234. The first-order chi connectivity index (χ1) is 19.3. The highest BCUT2D eigenvalue weighted by atomic mass is 32.2. The summed E-state index contributed by atoms with van der Waals surface area (Å²) in [6.07, 6.45) is 5.38. The molecule has 0 spiro atoms. The van der Waals surface area contributed by atoms with Gasteiger partial charge in [0.1, 0.15) is 11.2 Å². The van der Waals surface area contributed by atoms with Crippen LogP contribution in [0.2, 0.25) is 0 Å². The number of fused-ring (bicyclic) bond motifs is 6. The maximum Gasteiger partial charge on any atom is 0.137 e. The number of nitrogens with zero attached hydrogens (tertiary/aromatic N) is 3. The van der Waals surface area contributed by atoms with Gasteiger partial charge in [0.25, 0.3) is 0 Å². The van der Waals surface area contributed by atoms with Crippen molar-refractivity contribution in [2.45, 2.75) is 11.3 Å². The molecule has 39 heavy (non-hydrogen) atoms. The van der Waals surface area contributed by atoms with Crippen molar-refractivity contribution in [1.82, 2.24) is 14.4 Å². The van der Waals surface area contributed by atoms with E-state index in [0.717, 1.165) is 45.3 Å². The minimum atomic E-state index is 0.930. The summed E-state index contributed by atoms with van der Waals surface area (Å²) in [5, 5.41) is 1.08. The van der Waals surface area contributed by atoms with E-state index in [4.69, 9.17) is 9.97 Å². The van der Waals surface area contributed by atoms with Gasteiger partial charge in [0.15, 0.2) is 0 Å².